The molecule has 3 aromatic rings. The molecule has 3 N–H and O–H groups in total. The zero-order valence-electron chi connectivity index (χ0n) is 13.8. The highest BCUT2D eigenvalue weighted by atomic mass is 32.2. The summed E-state index contributed by atoms with van der Waals surface area (Å²) in [5.74, 6) is 0. The molecule has 0 unspecified atom stereocenters. The Balaban J connectivity index is 1.39. The van der Waals surface area contributed by atoms with Crippen molar-refractivity contribution in [2.75, 3.05) is 23.7 Å². The molecule has 25 heavy (non-hydrogen) atoms. The first-order chi connectivity index (χ1) is 12.3. The molecule has 1 fully saturated rings. The first kappa shape index (κ1) is 16.1. The van der Waals surface area contributed by atoms with Crippen molar-refractivity contribution in [2.24, 2.45) is 0 Å². The van der Waals surface area contributed by atoms with Gasteiger partial charge in [-0.3, -0.25) is 0 Å². The number of anilines is 2. The third-order valence-electron chi connectivity index (χ3n) is 4.20. The van der Waals surface area contributed by atoms with E-state index in [-0.39, 0.29) is 6.03 Å². The number of fused-ring (bicyclic) bond motifs is 1. The smallest absolute Gasteiger partial charge is 0.323 e. The lowest BCUT2D eigenvalue weighted by molar-refractivity contribution is 0.262. The fourth-order valence-electron chi connectivity index (χ4n) is 2.98. The molecule has 0 radical (unpaired) electrons. The molecule has 0 bridgehead atoms. The molecular formula is C19H20N4OS. The highest BCUT2D eigenvalue weighted by Crippen LogP contribution is 2.28. The summed E-state index contributed by atoms with van der Waals surface area (Å²) < 4.78 is 2.37. The number of amides is 2. The number of carbonyl (C=O) groups is 1. The molecule has 6 heteroatoms. The maximum absolute atomic E-state index is 12.3. The van der Waals surface area contributed by atoms with E-state index in [0.29, 0.717) is 0 Å². The van der Waals surface area contributed by atoms with Crippen molar-refractivity contribution < 1.29 is 4.79 Å². The summed E-state index contributed by atoms with van der Waals surface area (Å²) in [4.78, 5) is 16.6. The third-order valence-corrected chi connectivity index (χ3v) is 5.29. The monoisotopic (exact) mass is 352 g/mol. The van der Waals surface area contributed by atoms with E-state index in [4.69, 9.17) is 0 Å². The Bertz CT molecular complexity index is 886. The van der Waals surface area contributed by atoms with E-state index in [9.17, 15) is 4.79 Å². The lowest BCUT2D eigenvalue weighted by Gasteiger charge is -2.14. The van der Waals surface area contributed by atoms with Gasteiger partial charge in [0.1, 0.15) is 0 Å². The number of nitrogens with one attached hydrogen (secondary N) is 3. The van der Waals surface area contributed by atoms with Gasteiger partial charge in [-0.15, -0.1) is 0 Å². The number of carbonyl (C=O) groups excluding carboxylic acids is 1. The molecule has 2 amide bonds. The molecule has 1 aliphatic rings. The maximum Gasteiger partial charge on any atom is 0.323 e. The number of aromatic amines is 1. The fourth-order valence-corrected chi connectivity index (χ4v) is 4.04. The highest BCUT2D eigenvalue weighted by molar-refractivity contribution is 7.97. The molecule has 0 spiro atoms. The molecule has 128 valence electrons. The number of nitrogens with zero attached hydrogens (tertiary/aromatic N) is 1. The Hall–Kier alpha value is -2.44. The standard InChI is InChI=1S/C19H20N4OS/c24-19(22-16-7-6-14-8-9-20-18(14)13-16)21-15-4-3-5-17(12-15)25-23-10-1-2-11-23/h3-9,12-13,20H,1-2,10-11H2,(H2,21,22,24). The third kappa shape index (κ3) is 3.97. The van der Waals surface area contributed by atoms with Gasteiger partial charge in [-0.05, 0) is 66.6 Å². The van der Waals surface area contributed by atoms with E-state index in [1.807, 2.05) is 48.7 Å². The van der Waals surface area contributed by atoms with Crippen LogP contribution in [0.15, 0.2) is 59.6 Å². The van der Waals surface area contributed by atoms with Crippen LogP contribution in [0, 0.1) is 0 Å². The summed E-state index contributed by atoms with van der Waals surface area (Å²) in [6.07, 6.45) is 4.41. The Morgan fingerprint density at radius 1 is 1.00 bits per heavy atom. The van der Waals surface area contributed by atoms with E-state index in [1.54, 1.807) is 11.9 Å². The lowest BCUT2D eigenvalue weighted by atomic mass is 10.2. The predicted octanol–water partition coefficient (Wildman–Crippen LogP) is 4.91. The summed E-state index contributed by atoms with van der Waals surface area (Å²) in [6.45, 7) is 2.26. The van der Waals surface area contributed by atoms with Crippen LogP contribution in [-0.2, 0) is 0 Å². The molecule has 4 rings (SSSR count). The molecule has 2 heterocycles. The molecule has 0 atom stereocenters. The quantitative estimate of drug-likeness (QED) is 0.584. The van der Waals surface area contributed by atoms with Gasteiger partial charge in [0, 0.05) is 41.1 Å². The van der Waals surface area contributed by atoms with Gasteiger partial charge in [-0.2, -0.15) is 0 Å². The minimum Gasteiger partial charge on any atom is -0.361 e. The highest BCUT2D eigenvalue weighted by Gasteiger charge is 2.13. The van der Waals surface area contributed by atoms with E-state index in [0.717, 1.165) is 40.3 Å². The van der Waals surface area contributed by atoms with Crippen LogP contribution in [-0.4, -0.2) is 28.4 Å². The van der Waals surface area contributed by atoms with Crippen LogP contribution in [0.25, 0.3) is 10.9 Å². The van der Waals surface area contributed by atoms with Crippen molar-refractivity contribution in [3.8, 4) is 0 Å². The van der Waals surface area contributed by atoms with Gasteiger partial charge in [0.25, 0.3) is 0 Å². The van der Waals surface area contributed by atoms with E-state index < -0.39 is 0 Å². The van der Waals surface area contributed by atoms with Crippen molar-refractivity contribution in [1.29, 1.82) is 0 Å². The van der Waals surface area contributed by atoms with Gasteiger partial charge in [0.05, 0.1) is 0 Å². The normalized spacial score (nSPS) is 14.7. The Labute approximate surface area is 150 Å². The van der Waals surface area contributed by atoms with Crippen LogP contribution < -0.4 is 10.6 Å². The SMILES string of the molecule is O=C(Nc1cccc(SN2CCCC2)c1)Nc1ccc2cc[nH]c2c1. The van der Waals surface area contributed by atoms with Gasteiger partial charge in [0.15, 0.2) is 0 Å². The number of hydrogen-bond donors (Lipinski definition) is 3. The van der Waals surface area contributed by atoms with E-state index in [1.165, 1.54) is 12.8 Å². The minimum atomic E-state index is -0.241. The van der Waals surface area contributed by atoms with Crippen LogP contribution in [0.1, 0.15) is 12.8 Å². The Morgan fingerprint density at radius 2 is 1.80 bits per heavy atom. The number of benzene rings is 2. The average Bonchev–Trinajstić information content (AvgIpc) is 3.26. The zero-order chi connectivity index (χ0) is 17.1. The van der Waals surface area contributed by atoms with Crippen LogP contribution >= 0.6 is 11.9 Å². The second-order valence-electron chi connectivity index (χ2n) is 6.11. The largest absolute Gasteiger partial charge is 0.361 e. The maximum atomic E-state index is 12.3. The van der Waals surface area contributed by atoms with Crippen LogP contribution in [0.4, 0.5) is 16.2 Å². The van der Waals surface area contributed by atoms with Gasteiger partial charge in [-0.25, -0.2) is 9.10 Å². The first-order valence-corrected chi connectivity index (χ1v) is 9.22. The number of hydrogen-bond acceptors (Lipinski definition) is 3. The van der Waals surface area contributed by atoms with Crippen LogP contribution in [0.5, 0.6) is 0 Å². The number of rotatable bonds is 4. The van der Waals surface area contributed by atoms with Gasteiger partial charge in [0.2, 0.25) is 0 Å². The topological polar surface area (TPSA) is 60.2 Å². The second-order valence-corrected chi connectivity index (χ2v) is 7.28. The Morgan fingerprint density at radius 3 is 2.64 bits per heavy atom. The summed E-state index contributed by atoms with van der Waals surface area (Å²) in [5.41, 5.74) is 2.56. The van der Waals surface area contributed by atoms with Crippen molar-refractivity contribution in [3.05, 3.63) is 54.7 Å². The van der Waals surface area contributed by atoms with Crippen LogP contribution in [0.2, 0.25) is 0 Å². The zero-order valence-corrected chi connectivity index (χ0v) is 14.6. The van der Waals surface area contributed by atoms with Gasteiger partial charge < -0.3 is 15.6 Å². The van der Waals surface area contributed by atoms with Gasteiger partial charge in [-0.1, -0.05) is 12.1 Å². The van der Waals surface area contributed by atoms with E-state index >= 15 is 0 Å². The molecule has 0 saturated carbocycles. The molecule has 1 aromatic heterocycles. The first-order valence-electron chi connectivity index (χ1n) is 8.44. The van der Waals surface area contributed by atoms with Crippen molar-refractivity contribution in [3.63, 3.8) is 0 Å². The second kappa shape index (κ2) is 7.21. The fraction of sp³-hybridized carbons (Fsp3) is 0.211. The van der Waals surface area contributed by atoms with Crippen molar-refractivity contribution in [2.45, 2.75) is 17.7 Å². The molecule has 1 aliphatic heterocycles. The average molecular weight is 352 g/mol. The number of H-pyrrole nitrogens is 1. The summed E-state index contributed by atoms with van der Waals surface area (Å²) in [7, 11) is 0. The number of urea groups is 1. The summed E-state index contributed by atoms with van der Waals surface area (Å²) in [6, 6.07) is 15.5. The molecule has 5 nitrogen and oxygen atoms in total. The summed E-state index contributed by atoms with van der Waals surface area (Å²) >= 11 is 1.76. The van der Waals surface area contributed by atoms with Gasteiger partial charge >= 0.3 is 6.03 Å². The Kier molecular flexibility index (Phi) is 4.63. The van der Waals surface area contributed by atoms with Crippen molar-refractivity contribution >= 4 is 40.3 Å². The minimum absolute atomic E-state index is 0.241. The summed E-state index contributed by atoms with van der Waals surface area (Å²) in [5, 5.41) is 6.91. The molecule has 0 aliphatic carbocycles. The lowest BCUT2D eigenvalue weighted by Crippen LogP contribution is -2.19. The predicted molar refractivity (Wildman–Crippen MR) is 104 cm³/mol. The van der Waals surface area contributed by atoms with Crippen LogP contribution in [0.3, 0.4) is 0 Å². The molecule has 1 saturated heterocycles. The van der Waals surface area contributed by atoms with Crippen molar-refractivity contribution in [1.82, 2.24) is 9.29 Å². The molecular weight excluding hydrogens is 332 g/mol. The van der Waals surface area contributed by atoms with E-state index in [2.05, 4.69) is 26.0 Å². The number of aromatic nitrogens is 1. The molecule has 2 aromatic carbocycles.